The van der Waals surface area contributed by atoms with Crippen LogP contribution in [-0.4, -0.2) is 17.2 Å². The zero-order valence-electron chi connectivity index (χ0n) is 11.5. The number of ether oxygens (including phenoxy) is 2. The molecule has 0 aliphatic heterocycles. The van der Waals surface area contributed by atoms with Crippen LogP contribution in [0.25, 0.3) is 11.0 Å². The summed E-state index contributed by atoms with van der Waals surface area (Å²) in [6, 6.07) is 2.35. The Balaban J connectivity index is 2.74. The van der Waals surface area contributed by atoms with Gasteiger partial charge in [0, 0.05) is 19.9 Å². The molecule has 0 saturated carbocycles. The molecule has 0 radical (unpaired) electrons. The molecule has 0 aliphatic rings. The molecule has 7 nitrogen and oxygen atoms in total. The minimum absolute atomic E-state index is 0.0406. The highest BCUT2D eigenvalue weighted by Gasteiger charge is 2.18. The maximum absolute atomic E-state index is 12.1. The van der Waals surface area contributed by atoms with Crippen molar-refractivity contribution in [2.45, 2.75) is 13.8 Å². The summed E-state index contributed by atoms with van der Waals surface area (Å²) < 4.78 is 14.9. The third kappa shape index (κ3) is 3.15. The van der Waals surface area contributed by atoms with Crippen molar-refractivity contribution >= 4 is 39.8 Å². The Kier molecular flexibility index (Phi) is 4.27. The molecule has 8 heteroatoms. The summed E-state index contributed by atoms with van der Waals surface area (Å²) >= 11 is 5.28. The average molecular weight is 325 g/mol. The molecule has 1 heterocycles. The molecule has 0 amide bonds. The Morgan fingerprint density at radius 3 is 2.09 bits per heavy atom. The summed E-state index contributed by atoms with van der Waals surface area (Å²) in [7, 11) is 0. The van der Waals surface area contributed by atoms with Gasteiger partial charge in [0.2, 0.25) is 5.43 Å². The van der Waals surface area contributed by atoms with Gasteiger partial charge in [0.1, 0.15) is 17.4 Å². The zero-order chi connectivity index (χ0) is 16.4. The lowest BCUT2D eigenvalue weighted by Gasteiger charge is -2.09. The zero-order valence-corrected chi connectivity index (χ0v) is 12.2. The second-order valence-corrected chi connectivity index (χ2v) is 4.58. The number of carbonyl (C=O) groups is 3. The summed E-state index contributed by atoms with van der Waals surface area (Å²) in [6.45, 7) is 2.30. The van der Waals surface area contributed by atoms with Gasteiger partial charge in [-0.05, 0) is 17.7 Å². The van der Waals surface area contributed by atoms with E-state index in [1.807, 2.05) is 0 Å². The van der Waals surface area contributed by atoms with E-state index in [1.165, 1.54) is 6.07 Å². The molecule has 22 heavy (non-hydrogen) atoms. The van der Waals surface area contributed by atoms with Crippen LogP contribution in [-0.2, 0) is 9.59 Å². The third-order valence-electron chi connectivity index (χ3n) is 2.56. The quantitative estimate of drug-likeness (QED) is 0.483. The van der Waals surface area contributed by atoms with Gasteiger partial charge >= 0.3 is 11.9 Å². The van der Waals surface area contributed by atoms with Crippen LogP contribution >= 0.6 is 11.6 Å². The summed E-state index contributed by atoms with van der Waals surface area (Å²) in [5.41, 5.74) is -1.01. The number of rotatable bonds is 3. The Hall–Kier alpha value is -2.67. The molecular formula is C14H9ClO7. The van der Waals surface area contributed by atoms with Crippen LogP contribution < -0.4 is 14.9 Å². The molecule has 0 aliphatic carbocycles. The molecule has 1 aromatic carbocycles. The van der Waals surface area contributed by atoms with Gasteiger partial charge < -0.3 is 13.9 Å². The van der Waals surface area contributed by atoms with Crippen LogP contribution in [0.15, 0.2) is 27.6 Å². The molecular weight excluding hydrogens is 316 g/mol. The molecule has 0 unspecified atom stereocenters. The highest BCUT2D eigenvalue weighted by Crippen LogP contribution is 2.32. The van der Waals surface area contributed by atoms with Gasteiger partial charge in [0.15, 0.2) is 11.5 Å². The van der Waals surface area contributed by atoms with E-state index in [4.69, 9.17) is 25.5 Å². The Bertz CT molecular complexity index is 850. The Morgan fingerprint density at radius 2 is 1.59 bits per heavy atom. The lowest BCUT2D eigenvalue weighted by atomic mass is 10.1. The lowest BCUT2D eigenvalue weighted by molar-refractivity contribution is -0.134. The summed E-state index contributed by atoms with van der Waals surface area (Å²) in [5.74, 6) is -1.57. The van der Waals surface area contributed by atoms with Crippen LogP contribution in [0.2, 0.25) is 0 Å². The second kappa shape index (κ2) is 5.98. The van der Waals surface area contributed by atoms with Gasteiger partial charge in [-0.3, -0.25) is 19.2 Å². The van der Waals surface area contributed by atoms with Crippen molar-refractivity contribution in [3.63, 3.8) is 0 Å². The van der Waals surface area contributed by atoms with E-state index >= 15 is 0 Å². The maximum atomic E-state index is 12.1. The monoisotopic (exact) mass is 324 g/mol. The number of halogens is 1. The first-order chi connectivity index (χ1) is 10.3. The number of benzene rings is 1. The van der Waals surface area contributed by atoms with Crippen molar-refractivity contribution < 1.29 is 28.3 Å². The molecule has 0 spiro atoms. The highest BCUT2D eigenvalue weighted by molar-refractivity contribution is 6.67. The predicted octanol–water partition coefficient (Wildman–Crippen LogP) is 2.02. The highest BCUT2D eigenvalue weighted by atomic mass is 35.5. The fourth-order valence-electron chi connectivity index (χ4n) is 1.74. The van der Waals surface area contributed by atoms with Gasteiger partial charge in [-0.2, -0.15) is 0 Å². The van der Waals surface area contributed by atoms with E-state index in [1.54, 1.807) is 0 Å². The second-order valence-electron chi connectivity index (χ2n) is 4.23. The van der Waals surface area contributed by atoms with Crippen molar-refractivity contribution in [3.8, 4) is 11.5 Å². The van der Waals surface area contributed by atoms with Crippen LogP contribution in [0.4, 0.5) is 0 Å². The minimum Gasteiger partial charge on any atom is -0.463 e. The van der Waals surface area contributed by atoms with Crippen LogP contribution in [0, 0.1) is 0 Å². The standard InChI is InChI=1S/C14H9ClO7/c1-6(16)21-11-3-8-10(4-12(11)22-7(2)17)20-5-9(13(8)18)14(15)19/h3-5H,1-2H3. The van der Waals surface area contributed by atoms with Crippen molar-refractivity contribution in [2.24, 2.45) is 0 Å². The van der Waals surface area contributed by atoms with Crippen molar-refractivity contribution in [3.05, 3.63) is 34.2 Å². The Labute approximate surface area is 128 Å². The molecule has 0 bridgehead atoms. The van der Waals surface area contributed by atoms with E-state index in [0.717, 1.165) is 26.2 Å². The summed E-state index contributed by atoms with van der Waals surface area (Å²) in [5, 5.41) is -1.02. The lowest BCUT2D eigenvalue weighted by Crippen LogP contribution is -2.12. The van der Waals surface area contributed by atoms with E-state index in [9.17, 15) is 19.2 Å². The molecule has 1 aromatic heterocycles. The first-order valence-corrected chi connectivity index (χ1v) is 6.33. The fraction of sp³-hybridized carbons (Fsp3) is 0.143. The fourth-order valence-corrected chi connectivity index (χ4v) is 1.87. The Morgan fingerprint density at radius 1 is 1.05 bits per heavy atom. The number of fused-ring (bicyclic) bond motifs is 1. The summed E-state index contributed by atoms with van der Waals surface area (Å²) in [4.78, 5) is 45.5. The molecule has 0 saturated heterocycles. The van der Waals surface area contributed by atoms with E-state index < -0.39 is 22.6 Å². The van der Waals surface area contributed by atoms with Gasteiger partial charge in [-0.1, -0.05) is 0 Å². The molecule has 2 rings (SSSR count). The van der Waals surface area contributed by atoms with Crippen LogP contribution in [0.3, 0.4) is 0 Å². The first-order valence-electron chi connectivity index (χ1n) is 5.96. The number of carbonyl (C=O) groups excluding carboxylic acids is 3. The van der Waals surface area contributed by atoms with E-state index in [0.29, 0.717) is 0 Å². The van der Waals surface area contributed by atoms with Gasteiger partial charge in [-0.25, -0.2) is 0 Å². The van der Waals surface area contributed by atoms with Crippen molar-refractivity contribution in [2.75, 3.05) is 0 Å². The first kappa shape index (κ1) is 15.7. The van der Waals surface area contributed by atoms with E-state index in [-0.39, 0.29) is 28.0 Å². The number of hydrogen-bond acceptors (Lipinski definition) is 7. The topological polar surface area (TPSA) is 99.9 Å². The molecule has 0 fully saturated rings. The minimum atomic E-state index is -0.978. The largest absolute Gasteiger partial charge is 0.463 e. The molecule has 0 atom stereocenters. The van der Waals surface area contributed by atoms with Gasteiger partial charge in [-0.15, -0.1) is 0 Å². The smallest absolute Gasteiger partial charge is 0.308 e. The van der Waals surface area contributed by atoms with Crippen LogP contribution in [0.1, 0.15) is 24.2 Å². The normalized spacial score (nSPS) is 10.3. The molecule has 114 valence electrons. The predicted molar refractivity (Wildman–Crippen MR) is 75.3 cm³/mol. The third-order valence-corrected chi connectivity index (χ3v) is 2.76. The van der Waals surface area contributed by atoms with Gasteiger partial charge in [0.05, 0.1) is 5.39 Å². The maximum Gasteiger partial charge on any atom is 0.308 e. The van der Waals surface area contributed by atoms with Gasteiger partial charge in [0.25, 0.3) is 5.24 Å². The molecule has 2 aromatic rings. The molecule has 0 N–H and O–H groups in total. The summed E-state index contributed by atoms with van der Waals surface area (Å²) in [6.07, 6.45) is 0.906. The average Bonchev–Trinajstić information content (AvgIpc) is 2.39. The van der Waals surface area contributed by atoms with Crippen LogP contribution in [0.5, 0.6) is 11.5 Å². The van der Waals surface area contributed by atoms with Crippen molar-refractivity contribution in [1.29, 1.82) is 0 Å². The van der Waals surface area contributed by atoms with Crippen molar-refractivity contribution in [1.82, 2.24) is 0 Å². The van der Waals surface area contributed by atoms with E-state index in [2.05, 4.69) is 0 Å². The SMILES string of the molecule is CC(=O)Oc1cc2occ(C(=O)Cl)c(=O)c2cc1OC(C)=O. The number of hydrogen-bond donors (Lipinski definition) is 0. The number of esters is 2.